The van der Waals surface area contributed by atoms with Gasteiger partial charge in [0.2, 0.25) is 5.91 Å². The standard InChI is InChI=1S/C15H18N2O/c18-14-10-15(7-9-17-8-3-6-13(15)17)11-4-1-2-5-12(11)16-14/h1-2,4-5,13H,3,6-10H2,(H,16,18)/t13-,15+/m0/s1. The third-order valence-corrected chi connectivity index (χ3v) is 5.06. The van der Waals surface area contributed by atoms with Crippen molar-refractivity contribution in [3.63, 3.8) is 0 Å². The molecule has 0 aliphatic carbocycles. The smallest absolute Gasteiger partial charge is 0.225 e. The lowest BCUT2D eigenvalue weighted by atomic mass is 9.68. The summed E-state index contributed by atoms with van der Waals surface area (Å²) in [4.78, 5) is 14.6. The van der Waals surface area contributed by atoms with Crippen LogP contribution in [0, 0.1) is 0 Å². The quantitative estimate of drug-likeness (QED) is 0.756. The molecule has 1 aromatic rings. The van der Waals surface area contributed by atoms with Gasteiger partial charge in [0.25, 0.3) is 0 Å². The predicted molar refractivity (Wildman–Crippen MR) is 70.6 cm³/mol. The summed E-state index contributed by atoms with van der Waals surface area (Å²) in [6.45, 7) is 2.38. The van der Waals surface area contributed by atoms with E-state index in [4.69, 9.17) is 0 Å². The van der Waals surface area contributed by atoms with Gasteiger partial charge in [-0.1, -0.05) is 18.2 Å². The monoisotopic (exact) mass is 242 g/mol. The lowest BCUT2D eigenvalue weighted by molar-refractivity contribution is -0.118. The van der Waals surface area contributed by atoms with Crippen LogP contribution in [-0.4, -0.2) is 29.9 Å². The van der Waals surface area contributed by atoms with E-state index in [9.17, 15) is 4.79 Å². The van der Waals surface area contributed by atoms with Gasteiger partial charge in [-0.25, -0.2) is 0 Å². The highest BCUT2D eigenvalue weighted by Gasteiger charge is 2.53. The number of hydrogen-bond donors (Lipinski definition) is 1. The van der Waals surface area contributed by atoms with Crippen LogP contribution in [0.4, 0.5) is 5.69 Å². The van der Waals surface area contributed by atoms with E-state index in [0.717, 1.165) is 18.7 Å². The molecule has 3 heterocycles. The zero-order valence-electron chi connectivity index (χ0n) is 10.5. The number of carbonyl (C=O) groups excluding carboxylic acids is 1. The summed E-state index contributed by atoms with van der Waals surface area (Å²) in [5.74, 6) is 0.197. The number of nitrogens with zero attached hydrogens (tertiary/aromatic N) is 1. The minimum atomic E-state index is 0.0927. The van der Waals surface area contributed by atoms with Gasteiger partial charge in [0, 0.05) is 23.6 Å². The molecule has 0 bridgehead atoms. The van der Waals surface area contributed by atoms with E-state index in [2.05, 4.69) is 22.3 Å². The fraction of sp³-hybridized carbons (Fsp3) is 0.533. The molecule has 2 fully saturated rings. The third kappa shape index (κ3) is 1.25. The number of para-hydroxylation sites is 1. The van der Waals surface area contributed by atoms with Gasteiger partial charge in [0.1, 0.15) is 0 Å². The van der Waals surface area contributed by atoms with Crippen molar-refractivity contribution in [1.29, 1.82) is 0 Å². The Hall–Kier alpha value is -1.35. The Morgan fingerprint density at radius 2 is 2.17 bits per heavy atom. The topological polar surface area (TPSA) is 32.3 Å². The second-order valence-electron chi connectivity index (χ2n) is 5.87. The summed E-state index contributed by atoms with van der Waals surface area (Å²) in [6.07, 6.45) is 4.35. The molecule has 3 aliphatic heterocycles. The van der Waals surface area contributed by atoms with Crippen molar-refractivity contribution >= 4 is 11.6 Å². The minimum Gasteiger partial charge on any atom is -0.326 e. The molecular formula is C15H18N2O. The molecule has 1 spiro atoms. The van der Waals surface area contributed by atoms with Gasteiger partial charge in [0.15, 0.2) is 0 Å². The van der Waals surface area contributed by atoms with Gasteiger partial charge in [-0.15, -0.1) is 0 Å². The predicted octanol–water partition coefficient (Wildman–Crippen LogP) is 2.13. The number of hydrogen-bond acceptors (Lipinski definition) is 2. The van der Waals surface area contributed by atoms with E-state index in [1.54, 1.807) is 0 Å². The van der Waals surface area contributed by atoms with Crippen LogP contribution >= 0.6 is 0 Å². The molecule has 3 nitrogen and oxygen atoms in total. The van der Waals surface area contributed by atoms with Gasteiger partial charge in [-0.05, 0) is 44.0 Å². The van der Waals surface area contributed by atoms with E-state index >= 15 is 0 Å². The number of carbonyl (C=O) groups is 1. The molecule has 0 unspecified atom stereocenters. The number of anilines is 1. The molecule has 1 N–H and O–H groups in total. The molecule has 0 aromatic heterocycles. The average Bonchev–Trinajstić information content (AvgIpc) is 2.94. The first-order valence-electron chi connectivity index (χ1n) is 6.93. The third-order valence-electron chi connectivity index (χ3n) is 5.06. The largest absolute Gasteiger partial charge is 0.326 e. The Bertz CT molecular complexity index is 513. The van der Waals surface area contributed by atoms with Crippen molar-refractivity contribution in [2.75, 3.05) is 18.4 Å². The number of fused-ring (bicyclic) bond motifs is 4. The summed E-state index contributed by atoms with van der Waals surface area (Å²) in [6, 6.07) is 8.97. The molecule has 18 heavy (non-hydrogen) atoms. The van der Waals surface area contributed by atoms with Crippen molar-refractivity contribution < 1.29 is 4.79 Å². The molecule has 3 heteroatoms. The Morgan fingerprint density at radius 1 is 1.28 bits per heavy atom. The fourth-order valence-corrected chi connectivity index (χ4v) is 4.35. The SMILES string of the molecule is O=C1C[C@]2(CCN3CCC[C@H]32)c2ccccc2N1. The number of nitrogens with one attached hydrogen (secondary N) is 1. The van der Waals surface area contributed by atoms with E-state index in [1.165, 1.54) is 24.9 Å². The maximum Gasteiger partial charge on any atom is 0.225 e. The van der Waals surface area contributed by atoms with Gasteiger partial charge >= 0.3 is 0 Å². The molecular weight excluding hydrogens is 224 g/mol. The highest BCUT2D eigenvalue weighted by Crippen LogP contribution is 2.51. The molecule has 0 radical (unpaired) electrons. The first-order chi connectivity index (χ1) is 8.79. The van der Waals surface area contributed by atoms with Crippen LogP contribution in [0.1, 0.15) is 31.2 Å². The lowest BCUT2D eigenvalue weighted by Gasteiger charge is -2.39. The molecule has 4 rings (SSSR count). The van der Waals surface area contributed by atoms with Crippen molar-refractivity contribution in [1.82, 2.24) is 4.90 Å². The number of benzene rings is 1. The van der Waals surface area contributed by atoms with E-state index in [-0.39, 0.29) is 11.3 Å². The second-order valence-corrected chi connectivity index (χ2v) is 5.87. The van der Waals surface area contributed by atoms with Crippen LogP contribution in [0.3, 0.4) is 0 Å². The first-order valence-corrected chi connectivity index (χ1v) is 6.93. The van der Waals surface area contributed by atoms with E-state index < -0.39 is 0 Å². The Kier molecular flexibility index (Phi) is 2.10. The summed E-state index contributed by atoms with van der Waals surface area (Å²) in [7, 11) is 0. The van der Waals surface area contributed by atoms with E-state index in [0.29, 0.717) is 12.5 Å². The Morgan fingerprint density at radius 3 is 3.11 bits per heavy atom. The van der Waals surface area contributed by atoms with Crippen LogP contribution < -0.4 is 5.32 Å². The van der Waals surface area contributed by atoms with Gasteiger partial charge in [0.05, 0.1) is 0 Å². The van der Waals surface area contributed by atoms with Crippen LogP contribution in [0.5, 0.6) is 0 Å². The normalized spacial score (nSPS) is 34.4. The highest BCUT2D eigenvalue weighted by atomic mass is 16.1. The van der Waals surface area contributed by atoms with Crippen molar-refractivity contribution in [2.45, 2.75) is 37.1 Å². The van der Waals surface area contributed by atoms with Crippen LogP contribution in [0.15, 0.2) is 24.3 Å². The summed E-state index contributed by atoms with van der Waals surface area (Å²) in [5.41, 5.74) is 2.51. The molecule has 0 saturated carbocycles. The second kappa shape index (κ2) is 3.58. The highest BCUT2D eigenvalue weighted by molar-refractivity contribution is 5.95. The molecule has 2 atom stereocenters. The maximum atomic E-state index is 12.0. The zero-order valence-corrected chi connectivity index (χ0v) is 10.5. The van der Waals surface area contributed by atoms with E-state index in [1.807, 2.05) is 12.1 Å². The van der Waals surface area contributed by atoms with Crippen molar-refractivity contribution in [3.8, 4) is 0 Å². The van der Waals surface area contributed by atoms with Crippen LogP contribution in [0.25, 0.3) is 0 Å². The zero-order chi connectivity index (χ0) is 12.2. The maximum absolute atomic E-state index is 12.0. The molecule has 3 aliphatic rings. The minimum absolute atomic E-state index is 0.0927. The van der Waals surface area contributed by atoms with Crippen LogP contribution in [0.2, 0.25) is 0 Å². The molecule has 2 saturated heterocycles. The van der Waals surface area contributed by atoms with Gasteiger partial charge < -0.3 is 5.32 Å². The average molecular weight is 242 g/mol. The van der Waals surface area contributed by atoms with Crippen molar-refractivity contribution in [3.05, 3.63) is 29.8 Å². The number of amides is 1. The summed E-state index contributed by atoms with van der Waals surface area (Å²) >= 11 is 0. The molecule has 1 amide bonds. The Labute approximate surface area is 107 Å². The summed E-state index contributed by atoms with van der Waals surface area (Å²) in [5, 5.41) is 3.03. The van der Waals surface area contributed by atoms with Gasteiger partial charge in [-0.3, -0.25) is 9.69 Å². The lowest BCUT2D eigenvalue weighted by Crippen LogP contribution is -2.45. The Balaban J connectivity index is 1.87. The molecule has 94 valence electrons. The summed E-state index contributed by atoms with van der Waals surface area (Å²) < 4.78 is 0. The fourth-order valence-electron chi connectivity index (χ4n) is 4.35. The van der Waals surface area contributed by atoms with Crippen LogP contribution in [-0.2, 0) is 10.2 Å². The molecule has 1 aromatic carbocycles. The van der Waals surface area contributed by atoms with Gasteiger partial charge in [-0.2, -0.15) is 0 Å². The first kappa shape index (κ1) is 10.6. The number of rotatable bonds is 0. The van der Waals surface area contributed by atoms with Crippen molar-refractivity contribution in [2.24, 2.45) is 0 Å².